The van der Waals surface area contributed by atoms with Crippen LogP contribution in [-0.4, -0.2) is 48.7 Å². The van der Waals surface area contributed by atoms with Crippen molar-refractivity contribution in [3.63, 3.8) is 0 Å². The van der Waals surface area contributed by atoms with Crippen molar-refractivity contribution in [2.24, 2.45) is 5.92 Å². The van der Waals surface area contributed by atoms with E-state index in [2.05, 4.69) is 34.1 Å². The van der Waals surface area contributed by atoms with Crippen LogP contribution in [0, 0.1) is 5.92 Å². The third-order valence-corrected chi connectivity index (χ3v) is 5.92. The monoisotopic (exact) mass is 314 g/mol. The number of benzene rings is 1. The number of aliphatic hydroxyl groups is 1. The number of β-amino-alcohol motifs (C(OH)–C–C–N with tert-alkyl or cyclic N) is 1. The molecule has 1 amide bonds. The van der Waals surface area contributed by atoms with Crippen LogP contribution < -0.4 is 4.90 Å². The molecule has 0 atom stereocenters. The minimum Gasteiger partial charge on any atom is -0.395 e. The largest absolute Gasteiger partial charge is 0.395 e. The number of hydrogen-bond donors (Lipinski definition) is 1. The smallest absolute Gasteiger partial charge is 0.227 e. The topological polar surface area (TPSA) is 43.8 Å². The summed E-state index contributed by atoms with van der Waals surface area (Å²) in [6, 6.07) is 8.55. The van der Waals surface area contributed by atoms with Crippen LogP contribution in [0.1, 0.15) is 37.7 Å². The van der Waals surface area contributed by atoms with Gasteiger partial charge in [-0.05, 0) is 56.3 Å². The Labute approximate surface area is 138 Å². The van der Waals surface area contributed by atoms with Crippen molar-refractivity contribution >= 4 is 11.6 Å². The summed E-state index contributed by atoms with van der Waals surface area (Å²) >= 11 is 0. The van der Waals surface area contributed by atoms with Crippen LogP contribution in [0.2, 0.25) is 0 Å². The number of piperidine rings is 1. The molecule has 1 aliphatic carbocycles. The fraction of sp³-hybridized carbons (Fsp3) is 0.632. The average molecular weight is 314 g/mol. The molecule has 0 aromatic heterocycles. The van der Waals surface area contributed by atoms with E-state index < -0.39 is 0 Å². The van der Waals surface area contributed by atoms with E-state index in [-0.39, 0.29) is 12.0 Å². The Hall–Kier alpha value is -1.39. The Morgan fingerprint density at radius 1 is 1.17 bits per heavy atom. The summed E-state index contributed by atoms with van der Waals surface area (Å²) in [5.74, 6) is 1.03. The van der Waals surface area contributed by atoms with Gasteiger partial charge in [0, 0.05) is 30.6 Å². The lowest BCUT2D eigenvalue weighted by molar-refractivity contribution is -0.121. The summed E-state index contributed by atoms with van der Waals surface area (Å²) in [5, 5.41) is 9.14. The minimum absolute atomic E-state index is 0.0136. The maximum Gasteiger partial charge on any atom is 0.227 e. The summed E-state index contributed by atoms with van der Waals surface area (Å²) in [6.07, 6.45) is 5.24. The average Bonchev–Trinajstić information content (AvgIpc) is 3.38. The van der Waals surface area contributed by atoms with Gasteiger partial charge in [0.2, 0.25) is 5.91 Å². The van der Waals surface area contributed by atoms with Gasteiger partial charge in [0.1, 0.15) is 0 Å². The first-order chi connectivity index (χ1) is 11.2. The van der Waals surface area contributed by atoms with E-state index >= 15 is 0 Å². The van der Waals surface area contributed by atoms with Gasteiger partial charge >= 0.3 is 0 Å². The molecule has 1 N–H and O–H groups in total. The molecule has 0 radical (unpaired) electrons. The first-order valence-electron chi connectivity index (χ1n) is 8.95. The number of carbonyl (C=O) groups excluding carboxylic acids is 1. The van der Waals surface area contributed by atoms with Crippen molar-refractivity contribution in [2.75, 3.05) is 37.7 Å². The molecular weight excluding hydrogens is 288 g/mol. The Kier molecular flexibility index (Phi) is 3.90. The molecule has 124 valence electrons. The van der Waals surface area contributed by atoms with Crippen molar-refractivity contribution in [3.05, 3.63) is 29.8 Å². The molecular formula is C19H26N2O2. The molecule has 3 aliphatic rings. The highest BCUT2D eigenvalue weighted by molar-refractivity contribution is 5.98. The number of fused-ring (bicyclic) bond motifs is 2. The molecule has 4 heteroatoms. The zero-order valence-electron chi connectivity index (χ0n) is 13.7. The number of amides is 1. The SMILES string of the molecule is O=C1CC2(CCN(CCO)CC2)c2ccccc2N1CC1CC1. The van der Waals surface area contributed by atoms with Crippen LogP contribution in [-0.2, 0) is 10.2 Å². The zero-order valence-corrected chi connectivity index (χ0v) is 13.7. The number of rotatable bonds is 4. The lowest BCUT2D eigenvalue weighted by Gasteiger charge is -2.47. The van der Waals surface area contributed by atoms with Crippen molar-refractivity contribution in [3.8, 4) is 0 Å². The van der Waals surface area contributed by atoms with Crippen molar-refractivity contribution in [1.29, 1.82) is 0 Å². The third-order valence-electron chi connectivity index (χ3n) is 5.92. The molecule has 2 fully saturated rings. The molecule has 1 spiro atoms. The molecule has 4 rings (SSSR count). The van der Waals surface area contributed by atoms with Gasteiger partial charge in [0.05, 0.1) is 6.61 Å². The standard InChI is InChI=1S/C19H26N2O2/c22-12-11-20-9-7-19(8-10-20)13-18(23)21(14-15-5-6-15)17-4-2-1-3-16(17)19/h1-4,15,22H,5-14H2. The van der Waals surface area contributed by atoms with E-state index in [1.54, 1.807) is 0 Å². The van der Waals surface area contributed by atoms with E-state index in [1.807, 2.05) is 0 Å². The second-order valence-corrected chi connectivity index (χ2v) is 7.49. The molecule has 0 unspecified atom stereocenters. The zero-order chi connectivity index (χ0) is 15.9. The molecule has 1 saturated carbocycles. The van der Waals surface area contributed by atoms with Gasteiger partial charge in [-0.3, -0.25) is 4.79 Å². The predicted octanol–water partition coefficient (Wildman–Crippen LogP) is 2.16. The lowest BCUT2D eigenvalue weighted by Crippen LogP contribution is -2.50. The number of hydrogen-bond acceptors (Lipinski definition) is 3. The molecule has 1 aromatic carbocycles. The summed E-state index contributed by atoms with van der Waals surface area (Å²) in [5.41, 5.74) is 2.55. The molecule has 0 bridgehead atoms. The summed E-state index contributed by atoms with van der Waals surface area (Å²) < 4.78 is 0. The Bertz CT molecular complexity index is 589. The first-order valence-corrected chi connectivity index (χ1v) is 8.95. The predicted molar refractivity (Wildman–Crippen MR) is 90.6 cm³/mol. The second kappa shape index (κ2) is 5.91. The molecule has 4 nitrogen and oxygen atoms in total. The Balaban J connectivity index is 1.62. The van der Waals surface area contributed by atoms with Crippen LogP contribution in [0.5, 0.6) is 0 Å². The summed E-state index contributed by atoms with van der Waals surface area (Å²) in [4.78, 5) is 17.2. The summed E-state index contributed by atoms with van der Waals surface area (Å²) in [6.45, 7) is 3.83. The molecule has 1 saturated heterocycles. The Morgan fingerprint density at radius 2 is 1.91 bits per heavy atom. The van der Waals surface area contributed by atoms with Crippen molar-refractivity contribution in [1.82, 2.24) is 4.90 Å². The number of anilines is 1. The lowest BCUT2D eigenvalue weighted by atomic mass is 9.67. The molecule has 2 aliphatic heterocycles. The third kappa shape index (κ3) is 2.79. The number of aliphatic hydroxyl groups excluding tert-OH is 1. The van der Waals surface area contributed by atoms with Gasteiger partial charge in [-0.1, -0.05) is 18.2 Å². The Morgan fingerprint density at radius 3 is 2.61 bits per heavy atom. The van der Waals surface area contributed by atoms with E-state index in [4.69, 9.17) is 5.11 Å². The maximum atomic E-state index is 12.9. The second-order valence-electron chi connectivity index (χ2n) is 7.49. The highest BCUT2D eigenvalue weighted by Gasteiger charge is 2.45. The van der Waals surface area contributed by atoms with Gasteiger partial charge in [-0.15, -0.1) is 0 Å². The van der Waals surface area contributed by atoms with E-state index in [0.717, 1.165) is 44.7 Å². The number of para-hydroxylation sites is 1. The van der Waals surface area contributed by atoms with Gasteiger partial charge in [0.25, 0.3) is 0 Å². The van der Waals surface area contributed by atoms with E-state index in [0.29, 0.717) is 18.2 Å². The molecule has 23 heavy (non-hydrogen) atoms. The normalized spacial score (nSPS) is 24.0. The fourth-order valence-electron chi connectivity index (χ4n) is 4.32. The van der Waals surface area contributed by atoms with Crippen LogP contribution in [0.3, 0.4) is 0 Å². The number of carbonyl (C=O) groups is 1. The van der Waals surface area contributed by atoms with E-state index in [1.165, 1.54) is 18.4 Å². The fourth-order valence-corrected chi connectivity index (χ4v) is 4.32. The quantitative estimate of drug-likeness (QED) is 0.926. The van der Waals surface area contributed by atoms with Gasteiger partial charge < -0.3 is 14.9 Å². The first kappa shape index (κ1) is 15.2. The minimum atomic E-state index is 0.0136. The van der Waals surface area contributed by atoms with Gasteiger partial charge in [-0.2, -0.15) is 0 Å². The highest BCUT2D eigenvalue weighted by Crippen LogP contribution is 2.47. The number of nitrogens with zero attached hydrogens (tertiary/aromatic N) is 2. The highest BCUT2D eigenvalue weighted by atomic mass is 16.3. The van der Waals surface area contributed by atoms with Crippen LogP contribution in [0.25, 0.3) is 0 Å². The molecule has 1 aromatic rings. The number of likely N-dealkylation sites (tertiary alicyclic amines) is 1. The van der Waals surface area contributed by atoms with Crippen LogP contribution >= 0.6 is 0 Å². The van der Waals surface area contributed by atoms with Crippen LogP contribution in [0.15, 0.2) is 24.3 Å². The van der Waals surface area contributed by atoms with Crippen molar-refractivity contribution in [2.45, 2.75) is 37.5 Å². The van der Waals surface area contributed by atoms with Crippen molar-refractivity contribution < 1.29 is 9.90 Å². The van der Waals surface area contributed by atoms with Gasteiger partial charge in [0.15, 0.2) is 0 Å². The van der Waals surface area contributed by atoms with Gasteiger partial charge in [-0.25, -0.2) is 0 Å². The van der Waals surface area contributed by atoms with Crippen LogP contribution in [0.4, 0.5) is 5.69 Å². The summed E-state index contributed by atoms with van der Waals surface area (Å²) in [7, 11) is 0. The molecule has 2 heterocycles. The van der Waals surface area contributed by atoms with E-state index in [9.17, 15) is 4.79 Å². The maximum absolute atomic E-state index is 12.9.